The van der Waals surface area contributed by atoms with Gasteiger partial charge in [-0.3, -0.25) is 11.3 Å². The average molecular weight is 260 g/mol. The van der Waals surface area contributed by atoms with Crippen LogP contribution in [0.25, 0.3) is 0 Å². The molecule has 19 heavy (non-hydrogen) atoms. The van der Waals surface area contributed by atoms with E-state index in [0.717, 1.165) is 24.5 Å². The van der Waals surface area contributed by atoms with E-state index in [2.05, 4.69) is 23.6 Å². The first kappa shape index (κ1) is 12.9. The number of fused-ring (bicyclic) bond motifs is 1. The predicted octanol–water partition coefficient (Wildman–Crippen LogP) is 2.79. The molecule has 0 bridgehead atoms. The predicted molar refractivity (Wildman–Crippen MR) is 76.9 cm³/mol. The molecule has 0 spiro atoms. The number of benzene rings is 1. The van der Waals surface area contributed by atoms with Crippen LogP contribution in [0.5, 0.6) is 5.75 Å². The molecule has 2 unspecified atom stereocenters. The second-order valence-electron chi connectivity index (χ2n) is 5.97. The summed E-state index contributed by atoms with van der Waals surface area (Å²) in [6.45, 7) is 0. The summed E-state index contributed by atoms with van der Waals surface area (Å²) in [7, 11) is 0. The van der Waals surface area contributed by atoms with Crippen LogP contribution in [0.4, 0.5) is 0 Å². The Kier molecular flexibility index (Phi) is 4.04. The molecule has 0 aromatic heterocycles. The number of hydrogen-bond acceptors (Lipinski definition) is 3. The summed E-state index contributed by atoms with van der Waals surface area (Å²) >= 11 is 0. The van der Waals surface area contributed by atoms with Crippen LogP contribution in [0.1, 0.15) is 44.1 Å². The molecular formula is C16H24N2O. The van der Waals surface area contributed by atoms with Gasteiger partial charge in [0.25, 0.3) is 0 Å². The lowest BCUT2D eigenvalue weighted by molar-refractivity contribution is 0.167. The van der Waals surface area contributed by atoms with E-state index in [1.807, 2.05) is 6.07 Å². The Morgan fingerprint density at radius 1 is 1.26 bits per heavy atom. The highest BCUT2D eigenvalue weighted by atomic mass is 16.5. The van der Waals surface area contributed by atoms with Crippen LogP contribution in [0.15, 0.2) is 24.3 Å². The van der Waals surface area contributed by atoms with Gasteiger partial charge in [-0.15, -0.1) is 0 Å². The molecule has 1 aromatic carbocycles. The van der Waals surface area contributed by atoms with Crippen molar-refractivity contribution < 1.29 is 4.74 Å². The van der Waals surface area contributed by atoms with Crippen molar-refractivity contribution in [1.82, 2.24) is 5.43 Å². The van der Waals surface area contributed by atoms with Crippen LogP contribution in [0.3, 0.4) is 0 Å². The number of rotatable bonds is 5. The highest BCUT2D eigenvalue weighted by Crippen LogP contribution is 2.33. The lowest BCUT2D eigenvalue weighted by atomic mass is 9.95. The smallest absolute Gasteiger partial charge is 0.123 e. The van der Waals surface area contributed by atoms with Gasteiger partial charge in [-0.2, -0.15) is 0 Å². The van der Waals surface area contributed by atoms with Crippen LogP contribution in [0.2, 0.25) is 0 Å². The third-order valence-corrected chi connectivity index (χ3v) is 4.70. The lowest BCUT2D eigenvalue weighted by Crippen LogP contribution is -2.46. The lowest BCUT2D eigenvalue weighted by Gasteiger charge is -2.23. The third kappa shape index (κ3) is 2.93. The van der Waals surface area contributed by atoms with E-state index in [1.54, 1.807) is 0 Å². The van der Waals surface area contributed by atoms with E-state index in [1.165, 1.54) is 37.7 Å². The normalized spacial score (nSPS) is 24.2. The molecule has 3 N–H and O–H groups in total. The maximum Gasteiger partial charge on any atom is 0.123 e. The molecular weight excluding hydrogens is 236 g/mol. The van der Waals surface area contributed by atoms with E-state index in [4.69, 9.17) is 10.6 Å². The van der Waals surface area contributed by atoms with E-state index >= 15 is 0 Å². The number of nitrogens with one attached hydrogen (secondary N) is 1. The van der Waals surface area contributed by atoms with Gasteiger partial charge < -0.3 is 4.74 Å². The van der Waals surface area contributed by atoms with Crippen LogP contribution in [0, 0.1) is 5.92 Å². The molecule has 1 aromatic rings. The molecule has 2 aliphatic rings. The molecule has 1 saturated carbocycles. The minimum Gasteiger partial charge on any atom is -0.488 e. The van der Waals surface area contributed by atoms with Crippen molar-refractivity contribution in [2.75, 3.05) is 0 Å². The fourth-order valence-corrected chi connectivity index (χ4v) is 3.52. The van der Waals surface area contributed by atoms with Gasteiger partial charge >= 0.3 is 0 Å². The van der Waals surface area contributed by atoms with E-state index < -0.39 is 0 Å². The first-order valence-corrected chi connectivity index (χ1v) is 7.57. The molecule has 0 amide bonds. The van der Waals surface area contributed by atoms with Gasteiger partial charge in [0, 0.05) is 6.42 Å². The van der Waals surface area contributed by atoms with Crippen molar-refractivity contribution in [1.29, 1.82) is 0 Å². The van der Waals surface area contributed by atoms with Crippen molar-refractivity contribution in [2.45, 2.75) is 57.1 Å². The molecule has 104 valence electrons. The maximum absolute atomic E-state index is 6.03. The van der Waals surface area contributed by atoms with E-state index in [9.17, 15) is 0 Å². The summed E-state index contributed by atoms with van der Waals surface area (Å²) < 4.78 is 6.03. The molecule has 1 aliphatic heterocycles. The fourth-order valence-electron chi connectivity index (χ4n) is 3.52. The number of nitrogens with two attached hydrogens (primary N) is 1. The van der Waals surface area contributed by atoms with Gasteiger partial charge in [-0.05, 0) is 30.4 Å². The SMILES string of the molecule is NNC(CCC1CCCC1)C1Cc2ccccc2O1. The molecule has 1 aliphatic carbocycles. The van der Waals surface area contributed by atoms with Crippen LogP contribution in [-0.4, -0.2) is 12.1 Å². The molecule has 0 radical (unpaired) electrons. The zero-order valence-electron chi connectivity index (χ0n) is 11.5. The third-order valence-electron chi connectivity index (χ3n) is 4.70. The van der Waals surface area contributed by atoms with Gasteiger partial charge in [0.05, 0.1) is 6.04 Å². The van der Waals surface area contributed by atoms with Crippen molar-refractivity contribution >= 4 is 0 Å². The van der Waals surface area contributed by atoms with Crippen molar-refractivity contribution in [3.63, 3.8) is 0 Å². The second-order valence-corrected chi connectivity index (χ2v) is 5.97. The van der Waals surface area contributed by atoms with Gasteiger partial charge in [0.2, 0.25) is 0 Å². The molecule has 3 rings (SSSR count). The number of para-hydroxylation sites is 1. The summed E-state index contributed by atoms with van der Waals surface area (Å²) in [5.74, 6) is 7.69. The zero-order chi connectivity index (χ0) is 13.1. The largest absolute Gasteiger partial charge is 0.488 e. The van der Waals surface area contributed by atoms with Gasteiger partial charge in [-0.25, -0.2) is 0 Å². The highest BCUT2D eigenvalue weighted by molar-refractivity contribution is 5.37. The topological polar surface area (TPSA) is 47.3 Å². The van der Waals surface area contributed by atoms with Gasteiger partial charge in [-0.1, -0.05) is 43.9 Å². The summed E-state index contributed by atoms with van der Waals surface area (Å²) in [4.78, 5) is 0. The van der Waals surface area contributed by atoms with Crippen molar-refractivity contribution in [3.8, 4) is 5.75 Å². The molecule has 3 heteroatoms. The summed E-state index contributed by atoms with van der Waals surface area (Å²) in [6.07, 6.45) is 9.23. The van der Waals surface area contributed by atoms with E-state index in [-0.39, 0.29) is 12.1 Å². The molecule has 0 saturated heterocycles. The summed E-state index contributed by atoms with van der Waals surface area (Å²) in [6, 6.07) is 8.59. The number of ether oxygens (including phenoxy) is 1. The Labute approximate surface area is 115 Å². The Balaban J connectivity index is 1.55. The minimum atomic E-state index is 0.198. The number of hydrogen-bond donors (Lipinski definition) is 2. The monoisotopic (exact) mass is 260 g/mol. The van der Waals surface area contributed by atoms with Crippen molar-refractivity contribution in [3.05, 3.63) is 29.8 Å². The standard InChI is InChI=1S/C16H24N2O/c17-18-14(10-9-12-5-1-2-6-12)16-11-13-7-3-4-8-15(13)19-16/h3-4,7-8,12,14,16,18H,1-2,5-6,9-11,17H2. The fraction of sp³-hybridized carbons (Fsp3) is 0.625. The van der Waals surface area contributed by atoms with E-state index in [0.29, 0.717) is 0 Å². The second kappa shape index (κ2) is 5.93. The first-order valence-electron chi connectivity index (χ1n) is 7.57. The Hall–Kier alpha value is -1.06. The quantitative estimate of drug-likeness (QED) is 0.632. The first-order chi connectivity index (χ1) is 9.36. The maximum atomic E-state index is 6.03. The Morgan fingerprint density at radius 3 is 2.79 bits per heavy atom. The highest BCUT2D eigenvalue weighted by Gasteiger charge is 2.30. The van der Waals surface area contributed by atoms with Crippen LogP contribution in [-0.2, 0) is 6.42 Å². The molecule has 2 atom stereocenters. The Bertz CT molecular complexity index is 390. The van der Waals surface area contributed by atoms with Gasteiger partial charge in [0.15, 0.2) is 0 Å². The Morgan fingerprint density at radius 2 is 2.05 bits per heavy atom. The molecule has 1 heterocycles. The molecule has 3 nitrogen and oxygen atoms in total. The number of hydrazine groups is 1. The van der Waals surface area contributed by atoms with Crippen LogP contribution < -0.4 is 16.0 Å². The summed E-state index contributed by atoms with van der Waals surface area (Å²) in [5, 5.41) is 0. The van der Waals surface area contributed by atoms with Gasteiger partial charge in [0.1, 0.15) is 11.9 Å². The summed E-state index contributed by atoms with van der Waals surface area (Å²) in [5.41, 5.74) is 4.29. The van der Waals surface area contributed by atoms with Crippen LogP contribution >= 0.6 is 0 Å². The van der Waals surface area contributed by atoms with Crippen molar-refractivity contribution in [2.24, 2.45) is 11.8 Å². The minimum absolute atomic E-state index is 0.198. The average Bonchev–Trinajstić information content (AvgIpc) is 3.08. The zero-order valence-corrected chi connectivity index (χ0v) is 11.5. The molecule has 1 fully saturated rings.